The molecule has 1 aliphatic rings. The van der Waals surface area contributed by atoms with E-state index in [0.29, 0.717) is 18.4 Å². The first-order chi connectivity index (χ1) is 15.5. The topological polar surface area (TPSA) is 58.6 Å². The Kier molecular flexibility index (Phi) is 5.73. The second-order valence-electron chi connectivity index (χ2n) is 7.84. The van der Waals surface area contributed by atoms with Crippen molar-refractivity contribution in [2.45, 2.75) is 31.9 Å². The minimum absolute atomic E-state index is 0.0215. The molecule has 3 aromatic rings. The molecular weight excluding hydrogens is 445 g/mol. The molecule has 0 saturated heterocycles. The van der Waals surface area contributed by atoms with E-state index in [2.05, 4.69) is 5.32 Å². The monoisotopic (exact) mass is 463 g/mol. The molecule has 0 radical (unpaired) electrons. The van der Waals surface area contributed by atoms with Crippen molar-refractivity contribution in [2.24, 2.45) is 0 Å². The number of hydrogen-bond donors (Lipinski definition) is 2. The van der Waals surface area contributed by atoms with Crippen molar-refractivity contribution in [1.29, 1.82) is 0 Å². The van der Waals surface area contributed by atoms with Gasteiger partial charge in [-0.25, -0.2) is 8.78 Å². The van der Waals surface area contributed by atoms with Gasteiger partial charge in [-0.1, -0.05) is 0 Å². The van der Waals surface area contributed by atoms with Gasteiger partial charge < -0.3 is 15.2 Å². The number of aromatic hydroxyl groups is 1. The van der Waals surface area contributed by atoms with Gasteiger partial charge in [-0.05, 0) is 79.3 Å². The van der Waals surface area contributed by atoms with Crippen molar-refractivity contribution in [2.75, 3.05) is 5.32 Å². The predicted molar refractivity (Wildman–Crippen MR) is 111 cm³/mol. The van der Waals surface area contributed by atoms with E-state index in [1.165, 1.54) is 18.2 Å². The summed E-state index contributed by atoms with van der Waals surface area (Å²) in [7, 11) is 0. The molecule has 0 atom stereocenters. The molecule has 0 spiro atoms. The number of alkyl halides is 3. The minimum atomic E-state index is -4.70. The Morgan fingerprint density at radius 3 is 2.36 bits per heavy atom. The highest BCUT2D eigenvalue weighted by molar-refractivity contribution is 6.06. The lowest BCUT2D eigenvalue weighted by atomic mass is 9.98. The molecule has 1 aliphatic carbocycles. The van der Waals surface area contributed by atoms with Gasteiger partial charge in [-0.3, -0.25) is 4.79 Å². The van der Waals surface area contributed by atoms with Crippen molar-refractivity contribution in [3.05, 3.63) is 82.4 Å². The predicted octanol–water partition coefficient (Wildman–Crippen LogP) is 6.92. The highest BCUT2D eigenvalue weighted by Gasteiger charge is 2.40. The highest BCUT2D eigenvalue weighted by Crippen LogP contribution is 2.48. The van der Waals surface area contributed by atoms with Crippen LogP contribution in [0, 0.1) is 18.6 Å². The van der Waals surface area contributed by atoms with Gasteiger partial charge in [0.25, 0.3) is 5.91 Å². The molecule has 0 unspecified atom stereocenters. The van der Waals surface area contributed by atoms with Gasteiger partial charge >= 0.3 is 6.18 Å². The summed E-state index contributed by atoms with van der Waals surface area (Å²) in [5.41, 5.74) is -0.979. The van der Waals surface area contributed by atoms with Crippen LogP contribution >= 0.6 is 0 Å². The molecule has 4 nitrogen and oxygen atoms in total. The summed E-state index contributed by atoms with van der Waals surface area (Å²) in [5.74, 6) is -3.38. The first-order valence-electron chi connectivity index (χ1n) is 10.0. The summed E-state index contributed by atoms with van der Waals surface area (Å²) in [6.45, 7) is 1.56. The number of halogens is 5. The zero-order valence-electron chi connectivity index (χ0n) is 17.3. The lowest BCUT2D eigenvalue weighted by Crippen LogP contribution is -2.17. The number of carbonyl (C=O) groups excluding carboxylic acids is 1. The summed E-state index contributed by atoms with van der Waals surface area (Å²) < 4.78 is 73.9. The maximum Gasteiger partial charge on any atom is 0.416 e. The Morgan fingerprint density at radius 2 is 1.76 bits per heavy atom. The summed E-state index contributed by atoms with van der Waals surface area (Å²) in [5, 5.41) is 11.9. The van der Waals surface area contributed by atoms with Crippen LogP contribution < -0.4 is 10.1 Å². The van der Waals surface area contributed by atoms with Crippen LogP contribution in [-0.4, -0.2) is 11.0 Å². The molecule has 2 N–H and O–H groups in total. The molecule has 0 bridgehead atoms. The standard InChI is InChI=1S/C24H18F5NO3/c1-12-8-14(25)4-7-21(12)33-22-11-16(13-2-3-13)18(24(27,28)29)10-17(22)23(32)30-15-5-6-19(26)20(31)9-15/h4-11,13,31H,2-3H2,1H3,(H,30,32). The number of rotatable bonds is 5. The van der Waals surface area contributed by atoms with Crippen molar-refractivity contribution >= 4 is 11.6 Å². The van der Waals surface area contributed by atoms with E-state index in [1.54, 1.807) is 6.92 Å². The zero-order chi connectivity index (χ0) is 23.9. The van der Waals surface area contributed by atoms with Gasteiger partial charge in [0.2, 0.25) is 0 Å². The second kappa shape index (κ2) is 8.38. The first-order valence-corrected chi connectivity index (χ1v) is 10.0. The molecule has 3 aromatic carbocycles. The van der Waals surface area contributed by atoms with Gasteiger partial charge in [0, 0.05) is 11.8 Å². The average Bonchev–Trinajstić information content (AvgIpc) is 3.57. The number of phenolic OH excluding ortho intramolecular Hbond substituents is 1. The van der Waals surface area contributed by atoms with Crippen LogP contribution in [-0.2, 0) is 6.18 Å². The number of amides is 1. The minimum Gasteiger partial charge on any atom is -0.505 e. The Bertz CT molecular complexity index is 1240. The van der Waals surface area contributed by atoms with Crippen molar-refractivity contribution in [3.8, 4) is 17.2 Å². The largest absolute Gasteiger partial charge is 0.505 e. The number of benzene rings is 3. The third-order valence-corrected chi connectivity index (χ3v) is 5.28. The van der Waals surface area contributed by atoms with E-state index < -0.39 is 40.6 Å². The number of hydrogen-bond acceptors (Lipinski definition) is 3. The molecule has 172 valence electrons. The van der Waals surface area contributed by atoms with Crippen LogP contribution in [0.3, 0.4) is 0 Å². The van der Waals surface area contributed by atoms with Crippen molar-refractivity contribution in [3.63, 3.8) is 0 Å². The SMILES string of the molecule is Cc1cc(F)ccc1Oc1cc(C2CC2)c(C(F)(F)F)cc1C(=O)Nc1ccc(F)c(O)c1. The molecule has 1 fully saturated rings. The molecule has 0 heterocycles. The molecular formula is C24H18F5NO3. The van der Waals surface area contributed by atoms with E-state index in [4.69, 9.17) is 4.74 Å². The van der Waals surface area contributed by atoms with Crippen LogP contribution in [0.4, 0.5) is 27.6 Å². The summed E-state index contributed by atoms with van der Waals surface area (Å²) in [6.07, 6.45) is -3.54. The molecule has 1 saturated carbocycles. The van der Waals surface area contributed by atoms with E-state index in [1.807, 2.05) is 0 Å². The lowest BCUT2D eigenvalue weighted by molar-refractivity contribution is -0.138. The number of ether oxygens (including phenoxy) is 1. The quantitative estimate of drug-likeness (QED) is 0.404. The number of carbonyl (C=O) groups is 1. The van der Waals surface area contributed by atoms with Gasteiger partial charge in [-0.15, -0.1) is 0 Å². The van der Waals surface area contributed by atoms with Crippen LogP contribution in [0.15, 0.2) is 48.5 Å². The average molecular weight is 463 g/mol. The van der Waals surface area contributed by atoms with E-state index in [0.717, 1.165) is 30.3 Å². The number of phenols is 1. The molecule has 1 amide bonds. The zero-order valence-corrected chi connectivity index (χ0v) is 17.3. The number of anilines is 1. The van der Waals surface area contributed by atoms with Crippen LogP contribution in [0.1, 0.15) is 45.8 Å². The van der Waals surface area contributed by atoms with E-state index >= 15 is 0 Å². The van der Waals surface area contributed by atoms with E-state index in [9.17, 15) is 31.9 Å². The maximum absolute atomic E-state index is 13.8. The second-order valence-corrected chi connectivity index (χ2v) is 7.84. The normalized spacial score (nSPS) is 13.6. The van der Waals surface area contributed by atoms with Crippen molar-refractivity contribution < 1.29 is 36.6 Å². The van der Waals surface area contributed by atoms with Crippen LogP contribution in [0.5, 0.6) is 17.2 Å². The molecule has 0 aliphatic heterocycles. The van der Waals surface area contributed by atoms with Gasteiger partial charge in [0.1, 0.15) is 17.3 Å². The Balaban J connectivity index is 1.79. The summed E-state index contributed by atoms with van der Waals surface area (Å²) in [6, 6.07) is 8.56. The fourth-order valence-electron chi connectivity index (χ4n) is 3.47. The number of nitrogens with one attached hydrogen (secondary N) is 1. The molecule has 9 heteroatoms. The Morgan fingerprint density at radius 1 is 1.03 bits per heavy atom. The first kappa shape index (κ1) is 22.6. The van der Waals surface area contributed by atoms with Crippen LogP contribution in [0.2, 0.25) is 0 Å². The van der Waals surface area contributed by atoms with Crippen molar-refractivity contribution in [1.82, 2.24) is 0 Å². The number of aryl methyl sites for hydroxylation is 1. The fraction of sp³-hybridized carbons (Fsp3) is 0.208. The molecule has 4 rings (SSSR count). The third-order valence-electron chi connectivity index (χ3n) is 5.28. The highest BCUT2D eigenvalue weighted by atomic mass is 19.4. The van der Waals surface area contributed by atoms with Crippen LogP contribution in [0.25, 0.3) is 0 Å². The third kappa shape index (κ3) is 4.92. The van der Waals surface area contributed by atoms with E-state index in [-0.39, 0.29) is 28.7 Å². The fourth-order valence-corrected chi connectivity index (χ4v) is 3.47. The summed E-state index contributed by atoms with van der Waals surface area (Å²) >= 11 is 0. The maximum atomic E-state index is 13.8. The molecule has 0 aromatic heterocycles. The smallest absolute Gasteiger partial charge is 0.416 e. The van der Waals surface area contributed by atoms with Gasteiger partial charge in [0.05, 0.1) is 11.1 Å². The Labute approximate surface area is 185 Å². The van der Waals surface area contributed by atoms with Gasteiger partial charge in [0.15, 0.2) is 11.6 Å². The Hall–Kier alpha value is -3.62. The molecule has 33 heavy (non-hydrogen) atoms. The lowest BCUT2D eigenvalue weighted by Gasteiger charge is -2.19. The van der Waals surface area contributed by atoms with Gasteiger partial charge in [-0.2, -0.15) is 13.2 Å². The summed E-state index contributed by atoms with van der Waals surface area (Å²) in [4.78, 5) is 12.9.